The molecule has 0 unspecified atom stereocenters. The molecule has 0 aliphatic rings. The van der Waals surface area contributed by atoms with Crippen LogP contribution in [0.25, 0.3) is 0 Å². The first-order chi connectivity index (χ1) is 9.50. The summed E-state index contributed by atoms with van der Waals surface area (Å²) in [7, 11) is -9.79. The lowest BCUT2D eigenvalue weighted by atomic mass is 10.0. The van der Waals surface area contributed by atoms with Crippen molar-refractivity contribution in [2.45, 2.75) is 38.6 Å². The zero-order valence-corrected chi connectivity index (χ0v) is 13.8. The number of hydrogen-bond acceptors (Lipinski definition) is 2. The quantitative estimate of drug-likeness (QED) is 0.439. The maximum Gasteiger partial charge on any atom is 0.347 e. The van der Waals surface area contributed by atoms with Gasteiger partial charge in [0.2, 0.25) is 5.40 Å². The molecule has 0 aromatic carbocycles. The third-order valence-electron chi connectivity index (χ3n) is 3.08. The number of nitrogens with zero attached hydrogens (tertiary/aromatic N) is 1. The van der Waals surface area contributed by atoms with Gasteiger partial charge in [0.15, 0.2) is 18.9 Å². The highest BCUT2D eigenvalue weighted by molar-refractivity contribution is 7.70. The number of pyridine rings is 1. The lowest BCUT2D eigenvalue weighted by Crippen LogP contribution is -2.39. The minimum absolute atomic E-state index is 0.427. The Bertz CT molecular complexity index is 543. The van der Waals surface area contributed by atoms with Gasteiger partial charge in [-0.05, 0) is 24.8 Å². The Morgan fingerprint density at radius 1 is 1.14 bits per heavy atom. The normalized spacial score (nSPS) is 13.1. The van der Waals surface area contributed by atoms with Crippen molar-refractivity contribution in [2.75, 3.05) is 0 Å². The molecule has 1 aromatic heterocycles. The first-order valence-electron chi connectivity index (χ1n) is 6.58. The largest absolute Gasteiger partial charge is 0.347 e. The van der Waals surface area contributed by atoms with E-state index in [0.29, 0.717) is 5.92 Å². The predicted octanol–water partition coefficient (Wildman–Crippen LogP) is 1.24. The Morgan fingerprint density at radius 2 is 1.71 bits per heavy atom. The maximum absolute atomic E-state index is 11.3. The van der Waals surface area contributed by atoms with Crippen molar-refractivity contribution >= 4 is 15.2 Å². The third-order valence-corrected chi connectivity index (χ3v) is 6.77. The van der Waals surface area contributed by atoms with E-state index in [1.165, 1.54) is 10.8 Å². The van der Waals surface area contributed by atoms with Crippen LogP contribution < -0.4 is 4.57 Å². The average molecular weight is 338 g/mol. The van der Waals surface area contributed by atoms with Crippen LogP contribution in [0, 0.1) is 5.92 Å². The molecular formula is C12H22NO6P2+. The van der Waals surface area contributed by atoms with Gasteiger partial charge in [0.25, 0.3) is 0 Å². The van der Waals surface area contributed by atoms with E-state index < -0.39 is 27.1 Å². The molecule has 120 valence electrons. The number of aromatic nitrogens is 1. The third kappa shape index (κ3) is 6.39. The summed E-state index contributed by atoms with van der Waals surface area (Å²) < 4.78 is 24.0. The van der Waals surface area contributed by atoms with E-state index in [9.17, 15) is 9.13 Å². The summed E-state index contributed by atoms with van der Waals surface area (Å²) in [6.07, 6.45) is 4.97. The molecule has 0 bridgehead atoms. The van der Waals surface area contributed by atoms with E-state index in [-0.39, 0.29) is 0 Å². The summed E-state index contributed by atoms with van der Waals surface area (Å²) >= 11 is 0. The highest BCUT2D eigenvalue weighted by Gasteiger charge is 2.46. The summed E-state index contributed by atoms with van der Waals surface area (Å²) in [6, 6.07) is 3.58. The zero-order valence-electron chi connectivity index (χ0n) is 12.0. The summed E-state index contributed by atoms with van der Waals surface area (Å²) in [5, 5.41) is -2.02. The minimum atomic E-state index is -4.89. The van der Waals surface area contributed by atoms with Crippen molar-refractivity contribution in [1.29, 1.82) is 0 Å². The minimum Gasteiger partial charge on any atom is -0.324 e. The summed E-state index contributed by atoms with van der Waals surface area (Å²) in [5.41, 5.74) is 0.960. The smallest absolute Gasteiger partial charge is 0.324 e. The standard InChI is InChI=1S/C12H21NO6P2/c1-10(2)5-6-11-4-3-7-13(8-11)9-12(20(14,15)16)21(17,18)19/h3-4,7-8,10,12H,5-6,9H2,1-2H3,(H3-,14,15,16,17,18,19)/p+1. The highest BCUT2D eigenvalue weighted by atomic mass is 31.2. The van der Waals surface area contributed by atoms with E-state index in [1.807, 2.05) is 6.07 Å². The van der Waals surface area contributed by atoms with Crippen molar-refractivity contribution in [3.05, 3.63) is 30.1 Å². The molecule has 0 fully saturated rings. The van der Waals surface area contributed by atoms with Crippen LogP contribution in [0.15, 0.2) is 24.5 Å². The van der Waals surface area contributed by atoms with Crippen molar-refractivity contribution in [3.63, 3.8) is 0 Å². The van der Waals surface area contributed by atoms with E-state index in [4.69, 9.17) is 19.6 Å². The molecule has 1 rings (SSSR count). The molecule has 0 radical (unpaired) electrons. The number of aryl methyl sites for hydroxylation is 1. The van der Waals surface area contributed by atoms with Gasteiger partial charge in [-0.3, -0.25) is 9.13 Å². The van der Waals surface area contributed by atoms with Crippen LogP contribution in [-0.2, 0) is 22.1 Å². The predicted molar refractivity (Wildman–Crippen MR) is 77.7 cm³/mol. The van der Waals surface area contributed by atoms with Crippen molar-refractivity contribution < 1.29 is 33.3 Å². The van der Waals surface area contributed by atoms with Gasteiger partial charge >= 0.3 is 15.2 Å². The summed E-state index contributed by atoms with van der Waals surface area (Å²) in [6.45, 7) is 3.76. The van der Waals surface area contributed by atoms with Gasteiger partial charge in [-0.25, -0.2) is 4.57 Å². The summed E-state index contributed by atoms with van der Waals surface area (Å²) in [4.78, 5) is 36.5. The second-order valence-electron chi connectivity index (χ2n) is 5.50. The molecule has 0 saturated heterocycles. The van der Waals surface area contributed by atoms with Gasteiger partial charge in [0.1, 0.15) is 0 Å². The van der Waals surface area contributed by atoms with Gasteiger partial charge < -0.3 is 19.6 Å². The fourth-order valence-corrected chi connectivity index (χ4v) is 4.26. The van der Waals surface area contributed by atoms with Crippen LogP contribution in [0.5, 0.6) is 0 Å². The molecule has 0 spiro atoms. The summed E-state index contributed by atoms with van der Waals surface area (Å²) in [5.74, 6) is 0.525. The Kier molecular flexibility index (Phi) is 6.29. The first kappa shape index (κ1) is 18.5. The molecule has 9 heteroatoms. The molecule has 0 aliphatic carbocycles. The average Bonchev–Trinajstić information content (AvgIpc) is 2.31. The molecule has 7 nitrogen and oxygen atoms in total. The van der Waals surface area contributed by atoms with Crippen LogP contribution in [0.3, 0.4) is 0 Å². The van der Waals surface area contributed by atoms with Crippen LogP contribution in [0.4, 0.5) is 0 Å². The Balaban J connectivity index is 2.93. The molecule has 0 saturated carbocycles. The van der Waals surface area contributed by atoms with Crippen LogP contribution in [-0.4, -0.2) is 25.0 Å². The molecule has 0 aliphatic heterocycles. The maximum atomic E-state index is 11.3. The Labute approximate surface area is 124 Å². The molecule has 1 aromatic rings. The zero-order chi connectivity index (χ0) is 16.3. The van der Waals surface area contributed by atoms with Crippen LogP contribution >= 0.6 is 15.2 Å². The SMILES string of the molecule is CC(C)CCc1ccc[n+](CC(P(=O)(O)O)P(=O)(O)O)c1. The fourth-order valence-electron chi connectivity index (χ4n) is 1.89. The molecule has 21 heavy (non-hydrogen) atoms. The van der Waals surface area contributed by atoms with Crippen molar-refractivity contribution in [1.82, 2.24) is 0 Å². The Morgan fingerprint density at radius 3 is 2.19 bits per heavy atom. The molecule has 0 amide bonds. The molecule has 1 heterocycles. The molecular weight excluding hydrogens is 316 g/mol. The lowest BCUT2D eigenvalue weighted by Gasteiger charge is -2.16. The highest BCUT2D eigenvalue weighted by Crippen LogP contribution is 2.59. The first-order valence-corrected chi connectivity index (χ1v) is 9.95. The van der Waals surface area contributed by atoms with Gasteiger partial charge in [0, 0.05) is 11.6 Å². The van der Waals surface area contributed by atoms with E-state index in [2.05, 4.69) is 13.8 Å². The Hall–Kier alpha value is -0.550. The lowest BCUT2D eigenvalue weighted by molar-refractivity contribution is -0.695. The van der Waals surface area contributed by atoms with Gasteiger partial charge in [-0.1, -0.05) is 13.8 Å². The van der Waals surface area contributed by atoms with Crippen molar-refractivity contribution in [3.8, 4) is 0 Å². The molecule has 0 atom stereocenters. The monoisotopic (exact) mass is 338 g/mol. The topological polar surface area (TPSA) is 119 Å². The van der Waals surface area contributed by atoms with E-state index in [1.54, 1.807) is 12.3 Å². The molecule has 4 N–H and O–H groups in total. The van der Waals surface area contributed by atoms with Gasteiger partial charge in [0.05, 0.1) is 0 Å². The fraction of sp³-hybridized carbons (Fsp3) is 0.583. The van der Waals surface area contributed by atoms with E-state index in [0.717, 1.165) is 18.4 Å². The number of rotatable bonds is 7. The van der Waals surface area contributed by atoms with Gasteiger partial charge in [-0.15, -0.1) is 0 Å². The second kappa shape index (κ2) is 7.14. The number of hydrogen-bond donors (Lipinski definition) is 4. The van der Waals surface area contributed by atoms with Crippen molar-refractivity contribution in [2.24, 2.45) is 5.92 Å². The second-order valence-corrected chi connectivity index (χ2v) is 9.51. The van der Waals surface area contributed by atoms with Crippen LogP contribution in [0.2, 0.25) is 0 Å². The van der Waals surface area contributed by atoms with E-state index >= 15 is 0 Å². The van der Waals surface area contributed by atoms with Gasteiger partial charge in [-0.2, -0.15) is 0 Å². The van der Waals surface area contributed by atoms with Crippen LogP contribution in [0.1, 0.15) is 25.8 Å².